The molecule has 0 unspecified atom stereocenters. The Balaban J connectivity index is 1.66. The fourth-order valence-electron chi connectivity index (χ4n) is 1.97. The fourth-order valence-corrected chi connectivity index (χ4v) is 3.58. The van der Waals surface area contributed by atoms with Crippen molar-refractivity contribution in [2.45, 2.75) is 6.54 Å². The van der Waals surface area contributed by atoms with E-state index in [0.29, 0.717) is 0 Å². The summed E-state index contributed by atoms with van der Waals surface area (Å²) in [7, 11) is 1.69. The van der Waals surface area contributed by atoms with Crippen LogP contribution in [0.4, 0.5) is 5.69 Å². The quantitative estimate of drug-likeness (QED) is 0.708. The highest BCUT2D eigenvalue weighted by Gasteiger charge is 2.03. The molecule has 0 radical (unpaired) electrons. The van der Waals surface area contributed by atoms with Crippen LogP contribution >= 0.6 is 22.7 Å². The van der Waals surface area contributed by atoms with Gasteiger partial charge in [-0.2, -0.15) is 0 Å². The molecule has 0 aliphatic carbocycles. The number of rotatable bonds is 5. The molecule has 2 nitrogen and oxygen atoms in total. The van der Waals surface area contributed by atoms with E-state index >= 15 is 0 Å². The minimum absolute atomic E-state index is 0.837. The number of thiophene rings is 2. The lowest BCUT2D eigenvalue weighted by atomic mass is 10.2. The summed E-state index contributed by atoms with van der Waals surface area (Å²) in [6.07, 6.45) is 0. The number of hydrogen-bond acceptors (Lipinski definition) is 4. The van der Waals surface area contributed by atoms with Gasteiger partial charge in [-0.05, 0) is 35.0 Å². The van der Waals surface area contributed by atoms with Crippen molar-refractivity contribution in [1.29, 1.82) is 0 Å². The monoisotopic (exact) mass is 301 g/mol. The third kappa shape index (κ3) is 3.03. The first-order valence-corrected chi connectivity index (χ1v) is 8.10. The molecule has 0 saturated heterocycles. The summed E-state index contributed by atoms with van der Waals surface area (Å²) in [5.74, 6) is 0.875. The van der Waals surface area contributed by atoms with E-state index < -0.39 is 0 Å². The molecule has 4 heteroatoms. The summed E-state index contributed by atoms with van der Waals surface area (Å²) in [5.41, 5.74) is 2.39. The second kappa shape index (κ2) is 6.11. The lowest BCUT2D eigenvalue weighted by molar-refractivity contribution is 0.415. The molecular formula is C16H15NOS2. The van der Waals surface area contributed by atoms with Crippen molar-refractivity contribution in [1.82, 2.24) is 0 Å². The zero-order valence-electron chi connectivity index (χ0n) is 11.1. The SMILES string of the molecule is COc1cccc(NCc2cc(-c3cccs3)cs2)c1. The number of methoxy groups -OCH3 is 1. The largest absolute Gasteiger partial charge is 0.497 e. The van der Waals surface area contributed by atoms with E-state index in [1.54, 1.807) is 29.8 Å². The molecule has 0 bridgehead atoms. The molecule has 0 atom stereocenters. The highest BCUT2D eigenvalue weighted by Crippen LogP contribution is 2.29. The topological polar surface area (TPSA) is 21.3 Å². The fraction of sp³-hybridized carbons (Fsp3) is 0.125. The Morgan fingerprint density at radius 2 is 2.05 bits per heavy atom. The third-order valence-corrected chi connectivity index (χ3v) is 4.85. The predicted octanol–water partition coefficient (Wildman–Crippen LogP) is 5.10. The van der Waals surface area contributed by atoms with E-state index in [2.05, 4.69) is 40.3 Å². The number of anilines is 1. The van der Waals surface area contributed by atoms with Gasteiger partial charge in [-0.15, -0.1) is 22.7 Å². The molecule has 0 aliphatic rings. The minimum atomic E-state index is 0.837. The van der Waals surface area contributed by atoms with Crippen molar-refractivity contribution >= 4 is 28.4 Å². The van der Waals surface area contributed by atoms with Crippen LogP contribution < -0.4 is 10.1 Å². The van der Waals surface area contributed by atoms with E-state index in [0.717, 1.165) is 18.0 Å². The number of ether oxygens (including phenoxy) is 1. The van der Waals surface area contributed by atoms with Crippen LogP contribution in [-0.4, -0.2) is 7.11 Å². The van der Waals surface area contributed by atoms with Crippen LogP contribution in [0.3, 0.4) is 0 Å². The first-order chi connectivity index (χ1) is 9.85. The smallest absolute Gasteiger partial charge is 0.120 e. The summed E-state index contributed by atoms with van der Waals surface area (Å²) < 4.78 is 5.22. The molecule has 0 fully saturated rings. The number of hydrogen-bond donors (Lipinski definition) is 1. The number of nitrogens with one attached hydrogen (secondary N) is 1. The minimum Gasteiger partial charge on any atom is -0.497 e. The normalized spacial score (nSPS) is 10.4. The number of benzene rings is 1. The van der Waals surface area contributed by atoms with Gasteiger partial charge in [0.1, 0.15) is 5.75 Å². The molecule has 1 N–H and O–H groups in total. The first-order valence-electron chi connectivity index (χ1n) is 6.34. The van der Waals surface area contributed by atoms with Gasteiger partial charge < -0.3 is 10.1 Å². The Hall–Kier alpha value is -1.78. The van der Waals surface area contributed by atoms with Crippen LogP contribution in [0.2, 0.25) is 0 Å². The molecular weight excluding hydrogens is 286 g/mol. The lowest BCUT2D eigenvalue weighted by Crippen LogP contribution is -1.97. The van der Waals surface area contributed by atoms with Gasteiger partial charge in [-0.25, -0.2) is 0 Å². The summed E-state index contributed by atoms with van der Waals surface area (Å²) in [6, 6.07) is 14.5. The predicted molar refractivity (Wildman–Crippen MR) is 88.0 cm³/mol. The molecule has 20 heavy (non-hydrogen) atoms. The van der Waals surface area contributed by atoms with Crippen molar-refractivity contribution in [3.8, 4) is 16.2 Å². The zero-order chi connectivity index (χ0) is 13.8. The van der Waals surface area contributed by atoms with Gasteiger partial charge in [-0.1, -0.05) is 12.1 Å². The summed E-state index contributed by atoms with van der Waals surface area (Å²) in [4.78, 5) is 2.66. The Morgan fingerprint density at radius 1 is 1.10 bits per heavy atom. The Morgan fingerprint density at radius 3 is 2.85 bits per heavy atom. The Labute approximate surface area is 126 Å². The summed E-state index contributed by atoms with van der Waals surface area (Å²) >= 11 is 3.57. The molecule has 0 spiro atoms. The third-order valence-electron chi connectivity index (χ3n) is 3.00. The second-order valence-corrected chi connectivity index (χ2v) is 6.31. The van der Waals surface area contributed by atoms with E-state index in [-0.39, 0.29) is 0 Å². The first kappa shape index (κ1) is 13.2. The highest BCUT2D eigenvalue weighted by atomic mass is 32.1. The van der Waals surface area contributed by atoms with Crippen molar-refractivity contribution in [2.24, 2.45) is 0 Å². The molecule has 3 aromatic rings. The average Bonchev–Trinajstić information content (AvgIpc) is 3.16. The van der Waals surface area contributed by atoms with Crippen LogP contribution in [0.15, 0.2) is 53.2 Å². The Kier molecular flexibility index (Phi) is 4.04. The van der Waals surface area contributed by atoms with Crippen LogP contribution in [0.25, 0.3) is 10.4 Å². The maximum absolute atomic E-state index is 5.22. The van der Waals surface area contributed by atoms with Gasteiger partial charge in [0.25, 0.3) is 0 Å². The molecule has 0 saturated carbocycles. The van der Waals surface area contributed by atoms with Crippen molar-refractivity contribution in [2.75, 3.05) is 12.4 Å². The highest BCUT2D eigenvalue weighted by molar-refractivity contribution is 7.14. The molecule has 2 heterocycles. The molecule has 0 aliphatic heterocycles. The van der Waals surface area contributed by atoms with Crippen molar-refractivity contribution < 1.29 is 4.74 Å². The molecule has 1 aromatic carbocycles. The van der Waals surface area contributed by atoms with E-state index in [1.807, 2.05) is 18.2 Å². The van der Waals surface area contributed by atoms with Gasteiger partial charge >= 0.3 is 0 Å². The van der Waals surface area contributed by atoms with Gasteiger partial charge in [0, 0.05) is 33.6 Å². The van der Waals surface area contributed by atoms with Crippen LogP contribution in [-0.2, 0) is 6.54 Å². The molecule has 102 valence electrons. The standard InChI is InChI=1S/C16H15NOS2/c1-18-14-5-2-4-13(9-14)17-10-15-8-12(11-20-15)16-6-3-7-19-16/h2-9,11,17H,10H2,1H3. The summed E-state index contributed by atoms with van der Waals surface area (Å²) in [6.45, 7) is 0.837. The maximum atomic E-state index is 5.22. The van der Waals surface area contributed by atoms with Crippen LogP contribution in [0.5, 0.6) is 5.75 Å². The molecule has 3 rings (SSSR count). The van der Waals surface area contributed by atoms with E-state index in [9.17, 15) is 0 Å². The van der Waals surface area contributed by atoms with E-state index in [1.165, 1.54) is 15.3 Å². The molecule has 0 amide bonds. The van der Waals surface area contributed by atoms with Crippen molar-refractivity contribution in [3.05, 3.63) is 58.1 Å². The molecule has 2 aromatic heterocycles. The average molecular weight is 301 g/mol. The van der Waals surface area contributed by atoms with Gasteiger partial charge in [0.05, 0.1) is 7.11 Å². The van der Waals surface area contributed by atoms with Crippen LogP contribution in [0.1, 0.15) is 4.88 Å². The van der Waals surface area contributed by atoms with E-state index in [4.69, 9.17) is 4.74 Å². The van der Waals surface area contributed by atoms with Crippen molar-refractivity contribution in [3.63, 3.8) is 0 Å². The second-order valence-electron chi connectivity index (χ2n) is 4.36. The van der Waals surface area contributed by atoms with Gasteiger partial charge in [0.2, 0.25) is 0 Å². The zero-order valence-corrected chi connectivity index (χ0v) is 12.8. The van der Waals surface area contributed by atoms with Gasteiger partial charge in [-0.3, -0.25) is 0 Å². The lowest BCUT2D eigenvalue weighted by Gasteiger charge is -2.06. The summed E-state index contributed by atoms with van der Waals surface area (Å²) in [5, 5.41) is 7.76. The van der Waals surface area contributed by atoms with Crippen LogP contribution in [0, 0.1) is 0 Å². The maximum Gasteiger partial charge on any atom is 0.120 e. The van der Waals surface area contributed by atoms with Gasteiger partial charge in [0.15, 0.2) is 0 Å². The Bertz CT molecular complexity index is 673.